The maximum Gasteiger partial charge on any atom is 0.336 e. The van der Waals surface area contributed by atoms with Gasteiger partial charge in [-0.3, -0.25) is 4.79 Å². The second kappa shape index (κ2) is 5.77. The maximum absolute atomic E-state index is 12.4. The van der Waals surface area contributed by atoms with Crippen LogP contribution >= 0.6 is 11.3 Å². The number of aromatic carboxylic acids is 1. The van der Waals surface area contributed by atoms with Gasteiger partial charge in [0.15, 0.2) is 0 Å². The highest BCUT2D eigenvalue weighted by atomic mass is 32.1. The normalized spacial score (nSPS) is 9.95. The Morgan fingerprint density at radius 3 is 2.38 bits per heavy atom. The average molecular weight is 300 g/mol. The summed E-state index contributed by atoms with van der Waals surface area (Å²) < 4.78 is 0. The van der Waals surface area contributed by atoms with Crippen LogP contribution in [0.15, 0.2) is 23.6 Å². The molecule has 6 heteroatoms. The number of carboxylic acids is 1. The number of hydrogen-bond acceptors (Lipinski definition) is 4. The lowest BCUT2D eigenvalue weighted by molar-refractivity contribution is 0.0691. The van der Waals surface area contributed by atoms with Gasteiger partial charge >= 0.3 is 5.97 Å². The molecule has 0 atom stereocenters. The van der Waals surface area contributed by atoms with Crippen LogP contribution in [-0.4, -0.2) is 17.0 Å². The van der Waals surface area contributed by atoms with Gasteiger partial charge in [0.1, 0.15) is 11.1 Å². The lowest BCUT2D eigenvalue weighted by Gasteiger charge is -2.12. The lowest BCUT2D eigenvalue weighted by Crippen LogP contribution is -2.19. The van der Waals surface area contributed by atoms with Gasteiger partial charge in [-0.1, -0.05) is 12.1 Å². The Hall–Kier alpha value is -2.65. The zero-order chi connectivity index (χ0) is 15.6. The van der Waals surface area contributed by atoms with E-state index in [9.17, 15) is 14.7 Å². The van der Waals surface area contributed by atoms with E-state index in [2.05, 4.69) is 5.32 Å². The SMILES string of the molecule is Cc1ccc(C)c(C(=O)Nc2sccc2C#N)c1C(=O)O. The van der Waals surface area contributed by atoms with Crippen molar-refractivity contribution >= 4 is 28.2 Å². The van der Waals surface area contributed by atoms with E-state index in [0.29, 0.717) is 21.7 Å². The molecule has 0 spiro atoms. The molecule has 106 valence electrons. The number of amides is 1. The Balaban J connectivity index is 2.47. The molecular weight excluding hydrogens is 288 g/mol. The van der Waals surface area contributed by atoms with Crippen LogP contribution in [0.25, 0.3) is 0 Å². The van der Waals surface area contributed by atoms with Gasteiger partial charge in [0.2, 0.25) is 0 Å². The summed E-state index contributed by atoms with van der Waals surface area (Å²) in [7, 11) is 0. The fourth-order valence-corrected chi connectivity index (χ4v) is 2.77. The molecule has 0 fully saturated rings. The van der Waals surface area contributed by atoms with E-state index in [-0.39, 0.29) is 11.1 Å². The van der Waals surface area contributed by atoms with E-state index in [1.54, 1.807) is 37.4 Å². The van der Waals surface area contributed by atoms with Crippen molar-refractivity contribution in [2.75, 3.05) is 5.32 Å². The topological polar surface area (TPSA) is 90.2 Å². The number of carbonyl (C=O) groups is 2. The number of carbonyl (C=O) groups excluding carboxylic acids is 1. The van der Waals surface area contributed by atoms with Crippen LogP contribution in [0.4, 0.5) is 5.00 Å². The number of thiophene rings is 1. The van der Waals surface area contributed by atoms with E-state index in [0.717, 1.165) is 0 Å². The van der Waals surface area contributed by atoms with E-state index in [1.807, 2.05) is 6.07 Å². The van der Waals surface area contributed by atoms with Crippen molar-refractivity contribution in [2.24, 2.45) is 0 Å². The van der Waals surface area contributed by atoms with Gasteiger partial charge < -0.3 is 10.4 Å². The quantitative estimate of drug-likeness (QED) is 0.910. The third kappa shape index (κ3) is 2.78. The molecular formula is C15H12N2O3S. The number of aryl methyl sites for hydroxylation is 2. The Morgan fingerprint density at radius 1 is 1.19 bits per heavy atom. The molecule has 1 amide bonds. The molecule has 0 aliphatic rings. The van der Waals surface area contributed by atoms with Gasteiger partial charge in [0.25, 0.3) is 5.91 Å². The van der Waals surface area contributed by atoms with Gasteiger partial charge in [0.05, 0.1) is 16.7 Å². The minimum Gasteiger partial charge on any atom is -0.478 e. The summed E-state index contributed by atoms with van der Waals surface area (Å²) >= 11 is 1.22. The van der Waals surface area contributed by atoms with Gasteiger partial charge in [-0.05, 0) is 36.4 Å². The summed E-state index contributed by atoms with van der Waals surface area (Å²) in [6.07, 6.45) is 0. The molecule has 2 N–H and O–H groups in total. The fraction of sp³-hybridized carbons (Fsp3) is 0.133. The Labute approximate surface area is 125 Å². The molecule has 2 aromatic rings. The van der Waals surface area contributed by atoms with Crippen molar-refractivity contribution in [1.82, 2.24) is 0 Å². The molecule has 0 unspecified atom stereocenters. The molecule has 5 nitrogen and oxygen atoms in total. The third-order valence-electron chi connectivity index (χ3n) is 3.08. The summed E-state index contributed by atoms with van der Waals surface area (Å²) in [5, 5.41) is 23.0. The molecule has 21 heavy (non-hydrogen) atoms. The van der Waals surface area contributed by atoms with Crippen LogP contribution in [0.2, 0.25) is 0 Å². The molecule has 0 aliphatic carbocycles. The van der Waals surface area contributed by atoms with E-state index >= 15 is 0 Å². The van der Waals surface area contributed by atoms with Crippen LogP contribution in [0, 0.1) is 25.2 Å². The van der Waals surface area contributed by atoms with E-state index < -0.39 is 11.9 Å². The molecule has 1 aromatic carbocycles. The zero-order valence-electron chi connectivity index (χ0n) is 11.4. The number of hydrogen-bond donors (Lipinski definition) is 2. The first-order chi connectivity index (χ1) is 9.95. The Kier molecular flexibility index (Phi) is 4.05. The Morgan fingerprint density at radius 2 is 1.81 bits per heavy atom. The van der Waals surface area contributed by atoms with E-state index in [1.165, 1.54) is 11.3 Å². The van der Waals surface area contributed by atoms with Gasteiger partial charge in [-0.15, -0.1) is 11.3 Å². The third-order valence-corrected chi connectivity index (χ3v) is 3.91. The number of rotatable bonds is 3. The summed E-state index contributed by atoms with van der Waals surface area (Å²) in [5.41, 5.74) is 1.56. The van der Waals surface area contributed by atoms with Crippen molar-refractivity contribution < 1.29 is 14.7 Å². The minimum atomic E-state index is -1.15. The summed E-state index contributed by atoms with van der Waals surface area (Å²) in [6.45, 7) is 3.33. The number of anilines is 1. The first-order valence-corrected chi connectivity index (χ1v) is 6.96. The molecule has 0 radical (unpaired) electrons. The number of nitrogens with one attached hydrogen (secondary N) is 1. The minimum absolute atomic E-state index is 0.0115. The highest BCUT2D eigenvalue weighted by Gasteiger charge is 2.22. The van der Waals surface area contributed by atoms with Crippen molar-refractivity contribution in [3.05, 3.63) is 51.4 Å². The van der Waals surface area contributed by atoms with Gasteiger partial charge in [0, 0.05) is 0 Å². The predicted molar refractivity (Wildman–Crippen MR) is 79.9 cm³/mol. The first-order valence-electron chi connectivity index (χ1n) is 6.08. The molecule has 0 saturated carbocycles. The van der Waals surface area contributed by atoms with Crippen LogP contribution in [-0.2, 0) is 0 Å². The molecule has 1 heterocycles. The maximum atomic E-state index is 12.4. The second-order valence-corrected chi connectivity index (χ2v) is 5.40. The van der Waals surface area contributed by atoms with Crippen LogP contribution in [0.1, 0.15) is 37.4 Å². The van der Waals surface area contributed by atoms with E-state index in [4.69, 9.17) is 5.26 Å². The number of nitriles is 1. The van der Waals surface area contributed by atoms with Crippen molar-refractivity contribution in [3.63, 3.8) is 0 Å². The van der Waals surface area contributed by atoms with Gasteiger partial charge in [-0.2, -0.15) is 5.26 Å². The van der Waals surface area contributed by atoms with Crippen molar-refractivity contribution in [3.8, 4) is 6.07 Å². The number of benzene rings is 1. The second-order valence-electron chi connectivity index (χ2n) is 4.48. The summed E-state index contributed by atoms with van der Waals surface area (Å²) in [5.74, 6) is -1.67. The van der Waals surface area contributed by atoms with Crippen molar-refractivity contribution in [1.29, 1.82) is 5.26 Å². The Bertz CT molecular complexity index is 772. The molecule has 0 saturated heterocycles. The standard InChI is InChI=1S/C15H12N2O3S/c1-8-3-4-9(2)12(15(19)20)11(8)13(18)17-14-10(7-16)5-6-21-14/h3-6H,1-2H3,(H,17,18)(H,19,20). The largest absolute Gasteiger partial charge is 0.478 e. The molecule has 0 bridgehead atoms. The lowest BCUT2D eigenvalue weighted by atomic mass is 9.96. The number of nitrogens with zero attached hydrogens (tertiary/aromatic N) is 1. The molecule has 2 rings (SSSR count). The summed E-state index contributed by atoms with van der Waals surface area (Å²) in [4.78, 5) is 23.8. The van der Waals surface area contributed by atoms with Gasteiger partial charge in [-0.25, -0.2) is 4.79 Å². The average Bonchev–Trinajstić information content (AvgIpc) is 2.87. The predicted octanol–water partition coefficient (Wildman–Crippen LogP) is 3.19. The van der Waals surface area contributed by atoms with Crippen molar-refractivity contribution in [2.45, 2.75) is 13.8 Å². The van der Waals surface area contributed by atoms with Crippen LogP contribution in [0.3, 0.4) is 0 Å². The highest BCUT2D eigenvalue weighted by Crippen LogP contribution is 2.25. The highest BCUT2D eigenvalue weighted by molar-refractivity contribution is 7.14. The first kappa shape index (κ1) is 14.8. The fourth-order valence-electron chi connectivity index (χ4n) is 2.04. The monoisotopic (exact) mass is 300 g/mol. The molecule has 0 aliphatic heterocycles. The smallest absolute Gasteiger partial charge is 0.336 e. The van der Waals surface area contributed by atoms with Crippen LogP contribution in [0.5, 0.6) is 0 Å². The summed E-state index contributed by atoms with van der Waals surface area (Å²) in [6, 6.07) is 6.95. The molecule has 1 aromatic heterocycles. The van der Waals surface area contributed by atoms with Crippen LogP contribution < -0.4 is 5.32 Å². The number of carboxylic acid groups (broad SMARTS) is 1. The zero-order valence-corrected chi connectivity index (χ0v) is 12.2.